The van der Waals surface area contributed by atoms with Gasteiger partial charge in [0.05, 0.1) is 6.61 Å². The first-order chi connectivity index (χ1) is 7.45. The Labute approximate surface area is 106 Å². The fourth-order valence-electron chi connectivity index (χ4n) is 2.33. The van der Waals surface area contributed by atoms with Crippen molar-refractivity contribution in [3.8, 4) is 0 Å². The second kappa shape index (κ2) is 6.00. The summed E-state index contributed by atoms with van der Waals surface area (Å²) in [5, 5.41) is 10.5. The van der Waals surface area contributed by atoms with Crippen LogP contribution in [0.3, 0.4) is 0 Å². The summed E-state index contributed by atoms with van der Waals surface area (Å²) in [6.45, 7) is 2.84. The van der Waals surface area contributed by atoms with Gasteiger partial charge in [0.15, 0.2) is 0 Å². The molecule has 1 aliphatic heterocycles. The van der Waals surface area contributed by atoms with E-state index in [0.717, 1.165) is 0 Å². The van der Waals surface area contributed by atoms with Gasteiger partial charge in [-0.25, -0.2) is 0 Å². The van der Waals surface area contributed by atoms with Crippen molar-refractivity contribution in [2.45, 2.75) is 26.7 Å². The predicted molar refractivity (Wildman–Crippen MR) is 64.7 cm³/mol. The topological polar surface area (TPSA) is 86.5 Å². The number of nitro groups is 1. The smallest absolute Gasteiger partial charge is 0.320 e. The lowest BCUT2D eigenvalue weighted by Gasteiger charge is -2.27. The molecule has 7 heteroatoms. The summed E-state index contributed by atoms with van der Waals surface area (Å²) in [4.78, 5) is 33.3. The molecule has 98 valence electrons. The van der Waals surface area contributed by atoms with E-state index in [0.29, 0.717) is 6.42 Å². The van der Waals surface area contributed by atoms with Crippen LogP contribution < -0.4 is 0 Å². The Kier molecular flexibility index (Phi) is 5.60. The minimum absolute atomic E-state index is 0. The third-order valence-electron chi connectivity index (χ3n) is 3.28. The van der Waals surface area contributed by atoms with Gasteiger partial charge in [0.25, 0.3) is 0 Å². The molecule has 1 saturated heterocycles. The summed E-state index contributed by atoms with van der Waals surface area (Å²) in [5.74, 6) is -1.51. The summed E-state index contributed by atoms with van der Waals surface area (Å²) in [6.07, 6.45) is 0.670. The Morgan fingerprint density at radius 3 is 2.53 bits per heavy atom. The summed E-state index contributed by atoms with van der Waals surface area (Å²) >= 11 is 0. The van der Waals surface area contributed by atoms with Gasteiger partial charge in [-0.05, 0) is 13.3 Å². The van der Waals surface area contributed by atoms with Crippen molar-refractivity contribution in [1.82, 2.24) is 0 Å². The number of hydrogen-bond donors (Lipinski definition) is 0. The number of ketones is 1. The van der Waals surface area contributed by atoms with Crippen LogP contribution in [-0.4, -0.2) is 29.8 Å². The normalized spacial score (nSPS) is 24.7. The Balaban J connectivity index is 0.00000256. The number of Topliss-reactive ketones (excluding diaryl/α,β-unsaturated/α-hetero) is 1. The second-order valence-electron chi connectivity index (χ2n) is 4.03. The number of ether oxygens (including phenoxy) is 1. The van der Waals surface area contributed by atoms with E-state index < -0.39 is 22.2 Å². The van der Waals surface area contributed by atoms with E-state index in [4.69, 9.17) is 4.74 Å². The lowest BCUT2D eigenvalue weighted by atomic mass is 9.70. The fourth-order valence-corrected chi connectivity index (χ4v) is 2.33. The number of cyclic esters (lactones) is 1. The molecule has 1 heterocycles. The highest BCUT2D eigenvalue weighted by Crippen LogP contribution is 2.40. The maximum Gasteiger partial charge on any atom is 0.320 e. The Morgan fingerprint density at radius 2 is 2.24 bits per heavy atom. The largest absolute Gasteiger partial charge is 0.465 e. The van der Waals surface area contributed by atoms with Gasteiger partial charge >= 0.3 is 5.97 Å². The zero-order chi connectivity index (χ0) is 12.3. The Hall–Kier alpha value is -1.11. The average Bonchev–Trinajstić information content (AvgIpc) is 2.57. The van der Waals surface area contributed by atoms with E-state index in [1.807, 2.05) is 0 Å². The molecule has 1 aliphatic rings. The number of rotatable bonds is 5. The quantitative estimate of drug-likeness (QED) is 0.318. The van der Waals surface area contributed by atoms with Crippen molar-refractivity contribution in [2.75, 3.05) is 13.2 Å². The molecule has 0 aromatic heterocycles. The molecule has 0 saturated carbocycles. The molecule has 0 aromatic carbocycles. The number of nitrogens with zero attached hydrogens (tertiary/aromatic N) is 1. The zero-order valence-corrected chi connectivity index (χ0v) is 10.9. The summed E-state index contributed by atoms with van der Waals surface area (Å²) < 4.78 is 4.81. The molecule has 0 aromatic rings. The van der Waals surface area contributed by atoms with E-state index in [1.165, 1.54) is 6.92 Å². The van der Waals surface area contributed by atoms with E-state index in [9.17, 15) is 19.7 Å². The second-order valence-corrected chi connectivity index (χ2v) is 4.03. The van der Waals surface area contributed by atoms with E-state index in [1.54, 1.807) is 6.92 Å². The molecule has 0 N–H and O–H groups in total. The van der Waals surface area contributed by atoms with Gasteiger partial charge < -0.3 is 4.74 Å². The molecule has 1 fully saturated rings. The Bertz CT molecular complexity index is 333. The first-order valence-corrected chi connectivity index (χ1v) is 5.25. The van der Waals surface area contributed by atoms with Crippen molar-refractivity contribution in [3.63, 3.8) is 0 Å². The summed E-state index contributed by atoms with van der Waals surface area (Å²) in [5.41, 5.74) is -1.29. The number of esters is 1. The summed E-state index contributed by atoms with van der Waals surface area (Å²) in [7, 11) is 0. The van der Waals surface area contributed by atoms with Gasteiger partial charge in [-0.15, -0.1) is 0 Å². The minimum Gasteiger partial charge on any atom is -0.465 e. The zero-order valence-electron chi connectivity index (χ0n) is 9.89. The third kappa shape index (κ3) is 2.77. The molecule has 0 amide bonds. The maximum atomic E-state index is 11.7. The number of hydrogen-bond acceptors (Lipinski definition) is 5. The molecular formula is C10H17NO5S. The highest BCUT2D eigenvalue weighted by atomic mass is 32.1. The van der Waals surface area contributed by atoms with Crippen LogP contribution in [0.4, 0.5) is 0 Å². The molecule has 0 aliphatic carbocycles. The molecule has 6 nitrogen and oxygen atoms in total. The van der Waals surface area contributed by atoms with Gasteiger partial charge in [0, 0.05) is 17.3 Å². The van der Waals surface area contributed by atoms with Gasteiger partial charge in [-0.3, -0.25) is 19.7 Å². The third-order valence-corrected chi connectivity index (χ3v) is 3.28. The van der Waals surface area contributed by atoms with E-state index in [-0.39, 0.29) is 38.9 Å². The molecule has 1 rings (SSSR count). The number of carbonyl (C=O) groups is 2. The molecule has 0 unspecified atom stereocenters. The maximum absolute atomic E-state index is 11.7. The fraction of sp³-hybridized carbons (Fsp3) is 0.800. The highest BCUT2D eigenvalue weighted by molar-refractivity contribution is 7.59. The molecule has 0 bridgehead atoms. The van der Waals surface area contributed by atoms with Crippen LogP contribution in [-0.2, 0) is 14.3 Å². The van der Waals surface area contributed by atoms with Crippen LogP contribution in [0.15, 0.2) is 0 Å². The molecule has 17 heavy (non-hydrogen) atoms. The van der Waals surface area contributed by atoms with E-state index >= 15 is 0 Å². The summed E-state index contributed by atoms with van der Waals surface area (Å²) in [6, 6.07) is 0. The molecule has 0 radical (unpaired) electrons. The van der Waals surface area contributed by atoms with Gasteiger partial charge in [0.1, 0.15) is 11.2 Å². The van der Waals surface area contributed by atoms with Crippen LogP contribution in [0.1, 0.15) is 26.7 Å². The van der Waals surface area contributed by atoms with Gasteiger partial charge in [-0.2, -0.15) is 13.5 Å². The van der Waals surface area contributed by atoms with E-state index in [2.05, 4.69) is 0 Å². The molecule has 2 atom stereocenters. The predicted octanol–water partition coefficient (Wildman–Crippen LogP) is 0.924. The molecular weight excluding hydrogens is 246 g/mol. The first kappa shape index (κ1) is 15.9. The van der Waals surface area contributed by atoms with Crippen molar-refractivity contribution in [3.05, 3.63) is 10.1 Å². The van der Waals surface area contributed by atoms with Crippen molar-refractivity contribution in [1.29, 1.82) is 0 Å². The standard InChI is InChI=1S/C10H15NO5.H2S/c1-3-8(6-11(14)15)10(7(2)12)4-5-16-9(10)13;/h8H,3-6H2,1-2H3;1H2/t8-,10+;/m0./s1. The van der Waals surface area contributed by atoms with Gasteiger partial charge in [0.2, 0.25) is 6.54 Å². The van der Waals surface area contributed by atoms with Crippen molar-refractivity contribution < 1.29 is 19.2 Å². The van der Waals surface area contributed by atoms with Crippen molar-refractivity contribution >= 4 is 25.2 Å². The first-order valence-electron chi connectivity index (χ1n) is 5.25. The van der Waals surface area contributed by atoms with Crippen LogP contribution in [0.2, 0.25) is 0 Å². The Morgan fingerprint density at radius 1 is 1.65 bits per heavy atom. The monoisotopic (exact) mass is 263 g/mol. The van der Waals surface area contributed by atoms with Crippen LogP contribution in [0.25, 0.3) is 0 Å². The van der Waals surface area contributed by atoms with Crippen molar-refractivity contribution in [2.24, 2.45) is 11.3 Å². The van der Waals surface area contributed by atoms with Crippen LogP contribution in [0, 0.1) is 21.4 Å². The van der Waals surface area contributed by atoms with Gasteiger partial charge in [-0.1, -0.05) is 6.92 Å². The SMILES string of the molecule is CC[C@@H](C[N+](=O)[O-])[C@]1(C(C)=O)CCOC1=O.S. The lowest BCUT2D eigenvalue weighted by Crippen LogP contribution is -2.44. The molecule has 0 spiro atoms. The van der Waals surface area contributed by atoms with Crippen LogP contribution in [0.5, 0.6) is 0 Å². The lowest BCUT2D eigenvalue weighted by molar-refractivity contribution is -0.490. The van der Waals surface area contributed by atoms with Crippen LogP contribution >= 0.6 is 13.5 Å². The number of carbonyl (C=O) groups excluding carboxylic acids is 2. The minimum atomic E-state index is -1.29. The highest BCUT2D eigenvalue weighted by Gasteiger charge is 2.55. The average molecular weight is 263 g/mol.